The van der Waals surface area contributed by atoms with Gasteiger partial charge in [0, 0.05) is 31.4 Å². The second kappa shape index (κ2) is 7.76. The molecule has 2 aromatic carbocycles. The Hall–Kier alpha value is -2.57. The van der Waals surface area contributed by atoms with Crippen LogP contribution in [0.3, 0.4) is 0 Å². The molecule has 0 bridgehead atoms. The van der Waals surface area contributed by atoms with Crippen molar-refractivity contribution in [2.45, 2.75) is 31.0 Å². The number of benzene rings is 2. The summed E-state index contributed by atoms with van der Waals surface area (Å²) >= 11 is 0. The van der Waals surface area contributed by atoms with Crippen LogP contribution < -0.4 is 16.0 Å². The van der Waals surface area contributed by atoms with Crippen LogP contribution >= 0.6 is 0 Å². The van der Waals surface area contributed by atoms with Crippen LogP contribution in [-0.2, 0) is 0 Å². The van der Waals surface area contributed by atoms with Crippen molar-refractivity contribution >= 4 is 11.6 Å². The van der Waals surface area contributed by atoms with Gasteiger partial charge < -0.3 is 26.2 Å². The number of hydrogen-bond donors (Lipinski definition) is 4. The van der Waals surface area contributed by atoms with Gasteiger partial charge >= 0.3 is 0 Å². The van der Waals surface area contributed by atoms with Crippen molar-refractivity contribution < 1.29 is 15.0 Å². The summed E-state index contributed by atoms with van der Waals surface area (Å²) in [6, 6.07) is 15.6. The van der Waals surface area contributed by atoms with Crippen molar-refractivity contribution in [3.05, 3.63) is 59.7 Å². The van der Waals surface area contributed by atoms with Crippen LogP contribution in [0.2, 0.25) is 0 Å². The van der Waals surface area contributed by atoms with E-state index in [2.05, 4.69) is 29.4 Å². The SMILES string of the molecule is CN(c1ccccc1)[C@H]1C[C@@H](NCC(O)c2ccc(O)c(C(N)=O)c2)C1. The number of nitrogens with one attached hydrogen (secondary N) is 1. The summed E-state index contributed by atoms with van der Waals surface area (Å²) in [6.07, 6.45) is 1.26. The van der Waals surface area contributed by atoms with E-state index >= 15 is 0 Å². The number of rotatable bonds is 7. The molecule has 5 N–H and O–H groups in total. The number of anilines is 1. The third kappa shape index (κ3) is 3.98. The Morgan fingerprint density at radius 3 is 2.62 bits per heavy atom. The van der Waals surface area contributed by atoms with Crippen LogP contribution in [0.4, 0.5) is 5.69 Å². The van der Waals surface area contributed by atoms with Gasteiger partial charge in [-0.05, 0) is 42.7 Å². The molecule has 1 saturated carbocycles. The molecule has 138 valence electrons. The molecule has 0 saturated heterocycles. The Morgan fingerprint density at radius 1 is 1.27 bits per heavy atom. The smallest absolute Gasteiger partial charge is 0.252 e. The first-order valence-electron chi connectivity index (χ1n) is 8.77. The summed E-state index contributed by atoms with van der Waals surface area (Å²) in [5, 5.41) is 23.3. The van der Waals surface area contributed by atoms with Gasteiger partial charge in [0.25, 0.3) is 5.91 Å². The molecule has 0 radical (unpaired) electrons. The van der Waals surface area contributed by atoms with Gasteiger partial charge in [-0.2, -0.15) is 0 Å². The van der Waals surface area contributed by atoms with E-state index in [4.69, 9.17) is 5.73 Å². The Kier molecular flexibility index (Phi) is 5.44. The van der Waals surface area contributed by atoms with E-state index in [1.165, 1.54) is 17.8 Å². The standard InChI is InChI=1S/C20H25N3O3/c1-23(15-5-3-2-4-6-15)16-10-14(11-16)22-12-19(25)13-7-8-18(24)17(9-13)20(21)26/h2-9,14,16,19,22,24-25H,10-12H2,1H3,(H2,21,26)/t14-,16+,19?. The lowest BCUT2D eigenvalue weighted by atomic mass is 9.85. The van der Waals surface area contributed by atoms with Crippen LogP contribution in [0.1, 0.15) is 34.9 Å². The molecule has 1 atom stereocenters. The topological polar surface area (TPSA) is 98.8 Å². The zero-order valence-electron chi connectivity index (χ0n) is 14.8. The van der Waals surface area contributed by atoms with E-state index in [1.54, 1.807) is 6.07 Å². The van der Waals surface area contributed by atoms with Crippen LogP contribution in [0.15, 0.2) is 48.5 Å². The van der Waals surface area contributed by atoms with Gasteiger partial charge in [0.05, 0.1) is 11.7 Å². The number of carbonyl (C=O) groups is 1. The predicted molar refractivity (Wildman–Crippen MR) is 101 cm³/mol. The Balaban J connectivity index is 1.49. The zero-order valence-corrected chi connectivity index (χ0v) is 14.8. The number of primary amides is 1. The minimum Gasteiger partial charge on any atom is -0.507 e. The lowest BCUT2D eigenvalue weighted by molar-refractivity contribution is 0.0997. The van der Waals surface area contributed by atoms with E-state index in [0.29, 0.717) is 24.2 Å². The fourth-order valence-electron chi connectivity index (χ4n) is 3.30. The quantitative estimate of drug-likeness (QED) is 0.607. The van der Waals surface area contributed by atoms with Crippen LogP contribution in [0.25, 0.3) is 0 Å². The molecule has 1 aliphatic rings. The van der Waals surface area contributed by atoms with Crippen molar-refractivity contribution in [1.29, 1.82) is 0 Å². The highest BCUT2D eigenvalue weighted by Crippen LogP contribution is 2.29. The number of carbonyl (C=O) groups excluding carboxylic acids is 1. The highest BCUT2D eigenvalue weighted by atomic mass is 16.3. The Bertz CT molecular complexity index is 760. The molecule has 26 heavy (non-hydrogen) atoms. The number of para-hydroxylation sites is 1. The van der Waals surface area contributed by atoms with Crippen LogP contribution in [0, 0.1) is 0 Å². The Labute approximate surface area is 153 Å². The monoisotopic (exact) mass is 355 g/mol. The van der Waals surface area contributed by atoms with Gasteiger partial charge in [-0.15, -0.1) is 0 Å². The molecule has 1 fully saturated rings. The maximum absolute atomic E-state index is 11.3. The molecule has 1 unspecified atom stereocenters. The number of phenols is 1. The van der Waals surface area contributed by atoms with Gasteiger partial charge in [0.2, 0.25) is 0 Å². The van der Waals surface area contributed by atoms with E-state index in [1.807, 2.05) is 18.2 Å². The van der Waals surface area contributed by atoms with E-state index in [-0.39, 0.29) is 11.3 Å². The summed E-state index contributed by atoms with van der Waals surface area (Å²) in [6.45, 7) is 0.384. The molecule has 6 nitrogen and oxygen atoms in total. The molecule has 1 amide bonds. The number of nitrogens with zero attached hydrogens (tertiary/aromatic N) is 1. The summed E-state index contributed by atoms with van der Waals surface area (Å²) in [7, 11) is 2.10. The first-order valence-corrected chi connectivity index (χ1v) is 8.77. The fourth-order valence-corrected chi connectivity index (χ4v) is 3.30. The molecule has 0 heterocycles. The Morgan fingerprint density at radius 2 is 1.96 bits per heavy atom. The molecular weight excluding hydrogens is 330 g/mol. The highest BCUT2D eigenvalue weighted by Gasteiger charge is 2.32. The van der Waals surface area contributed by atoms with Crippen molar-refractivity contribution in [2.75, 3.05) is 18.5 Å². The van der Waals surface area contributed by atoms with Crippen molar-refractivity contribution in [2.24, 2.45) is 5.73 Å². The highest BCUT2D eigenvalue weighted by molar-refractivity contribution is 5.95. The minimum atomic E-state index is -0.764. The van der Waals surface area contributed by atoms with Crippen LogP contribution in [0.5, 0.6) is 5.75 Å². The molecule has 1 aliphatic carbocycles. The zero-order chi connectivity index (χ0) is 18.7. The van der Waals surface area contributed by atoms with E-state index in [0.717, 1.165) is 12.8 Å². The molecule has 0 aliphatic heterocycles. The average molecular weight is 355 g/mol. The summed E-state index contributed by atoms with van der Waals surface area (Å²) < 4.78 is 0. The lowest BCUT2D eigenvalue weighted by Crippen LogP contribution is -2.52. The number of nitrogens with two attached hydrogens (primary N) is 1. The maximum Gasteiger partial charge on any atom is 0.252 e. The molecule has 0 aromatic heterocycles. The van der Waals surface area contributed by atoms with Gasteiger partial charge in [-0.3, -0.25) is 4.79 Å². The minimum absolute atomic E-state index is 0.0229. The van der Waals surface area contributed by atoms with E-state index in [9.17, 15) is 15.0 Å². The van der Waals surface area contributed by atoms with Crippen LogP contribution in [-0.4, -0.2) is 41.8 Å². The summed E-state index contributed by atoms with van der Waals surface area (Å²) in [5.41, 5.74) is 7.01. The van der Waals surface area contributed by atoms with Crippen molar-refractivity contribution in [1.82, 2.24) is 5.32 Å². The molecular formula is C20H25N3O3. The lowest BCUT2D eigenvalue weighted by Gasteiger charge is -2.43. The number of amides is 1. The summed E-state index contributed by atoms with van der Waals surface area (Å²) in [4.78, 5) is 13.6. The first-order chi connectivity index (χ1) is 12.5. The van der Waals surface area contributed by atoms with E-state index < -0.39 is 12.0 Å². The normalized spacial score (nSPS) is 20.2. The number of aliphatic hydroxyl groups is 1. The van der Waals surface area contributed by atoms with Gasteiger partial charge in [-0.1, -0.05) is 24.3 Å². The molecule has 3 rings (SSSR count). The number of aromatic hydroxyl groups is 1. The second-order valence-corrected chi connectivity index (χ2v) is 6.83. The average Bonchev–Trinajstić information content (AvgIpc) is 2.60. The summed E-state index contributed by atoms with van der Waals surface area (Å²) in [5.74, 6) is -0.887. The third-order valence-corrected chi connectivity index (χ3v) is 5.10. The molecule has 0 spiro atoms. The molecule has 6 heteroatoms. The van der Waals surface area contributed by atoms with Crippen molar-refractivity contribution in [3.63, 3.8) is 0 Å². The number of aliphatic hydroxyl groups excluding tert-OH is 1. The molecule has 2 aromatic rings. The van der Waals surface area contributed by atoms with Gasteiger partial charge in [0.1, 0.15) is 5.75 Å². The number of hydrogen-bond acceptors (Lipinski definition) is 5. The first kappa shape index (κ1) is 18.2. The fraction of sp³-hybridized carbons (Fsp3) is 0.350. The van der Waals surface area contributed by atoms with Gasteiger partial charge in [-0.25, -0.2) is 0 Å². The largest absolute Gasteiger partial charge is 0.507 e. The predicted octanol–water partition coefficient (Wildman–Crippen LogP) is 1.78. The second-order valence-electron chi connectivity index (χ2n) is 6.83. The van der Waals surface area contributed by atoms with Gasteiger partial charge in [0.15, 0.2) is 0 Å². The maximum atomic E-state index is 11.3. The third-order valence-electron chi connectivity index (χ3n) is 5.10. The van der Waals surface area contributed by atoms with Crippen molar-refractivity contribution in [3.8, 4) is 5.75 Å².